The van der Waals surface area contributed by atoms with E-state index in [-0.39, 0.29) is 6.71 Å². The first-order valence-corrected chi connectivity index (χ1v) is 24.7. The van der Waals surface area contributed by atoms with Crippen molar-refractivity contribution in [2.24, 2.45) is 0 Å². The van der Waals surface area contributed by atoms with E-state index < -0.39 is 8.07 Å². The molecule has 0 saturated carbocycles. The molecule has 1 aromatic heterocycles. The molecule has 4 aliphatic rings. The minimum atomic E-state index is -2.92. The Labute approximate surface area is 378 Å². The molecule has 0 radical (unpaired) electrons. The zero-order valence-electron chi connectivity index (χ0n) is 35.4. The van der Waals surface area contributed by atoms with E-state index in [4.69, 9.17) is 0 Å². The highest BCUT2D eigenvalue weighted by Gasteiger charge is 2.55. The Hall–Kier alpha value is -8.12. The van der Waals surface area contributed by atoms with Crippen molar-refractivity contribution in [3.8, 4) is 27.9 Å². The summed E-state index contributed by atoms with van der Waals surface area (Å²) in [6, 6.07) is 87.2. The number of aromatic nitrogens is 1. The number of para-hydroxylation sites is 5. The molecule has 0 aliphatic carbocycles. The van der Waals surface area contributed by atoms with Gasteiger partial charge < -0.3 is 14.4 Å². The van der Waals surface area contributed by atoms with Gasteiger partial charge in [0.05, 0.1) is 11.0 Å². The smallest absolute Gasteiger partial charge is 0.252 e. The maximum Gasteiger partial charge on any atom is 0.252 e. The molecule has 65 heavy (non-hydrogen) atoms. The molecule has 0 fully saturated rings. The SMILES string of the molecule is c1ccc(N2c3ccccc3B3c4cc5c(cc4N(c4ccccc4)c4cccc2c43)[Si]2(c3ccccc3-c3ccc(-n4c6ccccc6c6ccccc64)cc32)c2ccccc2-5)cc1. The molecule has 15 rings (SSSR count). The van der Waals surface area contributed by atoms with Gasteiger partial charge in [0.1, 0.15) is 0 Å². The van der Waals surface area contributed by atoms with Crippen LogP contribution in [-0.2, 0) is 0 Å². The molecular formula is C60H38BN3Si. The number of fused-ring (bicyclic) bond motifs is 17. The highest BCUT2D eigenvalue weighted by Crippen LogP contribution is 2.46. The van der Waals surface area contributed by atoms with Crippen molar-refractivity contribution in [2.45, 2.75) is 0 Å². The molecule has 3 nitrogen and oxygen atoms in total. The lowest BCUT2D eigenvalue weighted by Crippen LogP contribution is -2.71. The van der Waals surface area contributed by atoms with Gasteiger partial charge >= 0.3 is 0 Å². The third-order valence-corrected chi connectivity index (χ3v) is 19.9. The largest absolute Gasteiger partial charge is 0.311 e. The third kappa shape index (κ3) is 4.50. The summed E-state index contributed by atoms with van der Waals surface area (Å²) in [5, 5.41) is 8.46. The molecule has 11 aromatic rings. The van der Waals surface area contributed by atoms with Crippen LogP contribution in [0.15, 0.2) is 231 Å². The Balaban J connectivity index is 1.05. The topological polar surface area (TPSA) is 11.4 Å². The molecule has 0 bridgehead atoms. The Bertz CT molecular complexity index is 3770. The number of benzene rings is 10. The van der Waals surface area contributed by atoms with Crippen LogP contribution in [-0.4, -0.2) is 19.4 Å². The monoisotopic (exact) mass is 839 g/mol. The maximum absolute atomic E-state index is 2.92. The van der Waals surface area contributed by atoms with Crippen molar-refractivity contribution < 1.29 is 0 Å². The van der Waals surface area contributed by atoms with Crippen LogP contribution in [0.3, 0.4) is 0 Å². The van der Waals surface area contributed by atoms with Crippen LogP contribution in [0.1, 0.15) is 0 Å². The van der Waals surface area contributed by atoms with Crippen LogP contribution in [0.2, 0.25) is 0 Å². The molecule has 4 aliphatic heterocycles. The molecule has 300 valence electrons. The van der Waals surface area contributed by atoms with Gasteiger partial charge in [-0.2, -0.15) is 0 Å². The zero-order chi connectivity index (χ0) is 42.4. The van der Waals surface area contributed by atoms with Crippen molar-refractivity contribution in [1.29, 1.82) is 0 Å². The van der Waals surface area contributed by atoms with Gasteiger partial charge in [0.15, 0.2) is 8.07 Å². The third-order valence-electron chi connectivity index (χ3n) is 15.0. The fraction of sp³-hybridized carbons (Fsp3) is 0. The Morgan fingerprint density at radius 3 is 1.49 bits per heavy atom. The Morgan fingerprint density at radius 1 is 0.308 bits per heavy atom. The summed E-state index contributed by atoms with van der Waals surface area (Å²) in [7, 11) is -2.92. The van der Waals surface area contributed by atoms with E-state index in [1.807, 2.05) is 0 Å². The van der Waals surface area contributed by atoms with Gasteiger partial charge in [0.25, 0.3) is 6.71 Å². The van der Waals surface area contributed by atoms with Crippen molar-refractivity contribution in [3.63, 3.8) is 0 Å². The van der Waals surface area contributed by atoms with Gasteiger partial charge in [-0.1, -0.05) is 158 Å². The predicted molar refractivity (Wildman–Crippen MR) is 276 cm³/mol. The number of hydrogen-bond acceptors (Lipinski definition) is 2. The second kappa shape index (κ2) is 13.0. The van der Waals surface area contributed by atoms with Crippen LogP contribution in [0, 0.1) is 0 Å². The maximum atomic E-state index is 2.66. The van der Waals surface area contributed by atoms with E-state index in [0.717, 1.165) is 5.69 Å². The van der Waals surface area contributed by atoms with Gasteiger partial charge in [0.2, 0.25) is 0 Å². The zero-order valence-corrected chi connectivity index (χ0v) is 36.4. The quantitative estimate of drug-likeness (QED) is 0.164. The lowest BCUT2D eigenvalue weighted by atomic mass is 9.33. The fourth-order valence-corrected chi connectivity index (χ4v) is 18.2. The van der Waals surface area contributed by atoms with Crippen LogP contribution < -0.4 is 46.9 Å². The highest BCUT2D eigenvalue weighted by atomic mass is 28.3. The first-order chi connectivity index (χ1) is 32.3. The molecule has 5 heterocycles. The average Bonchev–Trinajstić information content (AvgIpc) is 3.97. The Kier molecular flexibility index (Phi) is 7.06. The number of anilines is 6. The predicted octanol–water partition coefficient (Wildman–Crippen LogP) is 10.2. The van der Waals surface area contributed by atoms with Crippen LogP contribution in [0.4, 0.5) is 34.1 Å². The normalized spacial score (nSPS) is 15.7. The molecule has 0 N–H and O–H groups in total. The Morgan fingerprint density at radius 2 is 0.815 bits per heavy atom. The molecule has 5 heteroatoms. The van der Waals surface area contributed by atoms with E-state index in [1.165, 1.54) is 115 Å². The van der Waals surface area contributed by atoms with Crippen LogP contribution >= 0.6 is 0 Å². The van der Waals surface area contributed by atoms with E-state index >= 15 is 0 Å². The summed E-state index contributed by atoms with van der Waals surface area (Å²) in [5.41, 5.74) is 20.4. The van der Waals surface area contributed by atoms with Gasteiger partial charge in [-0.15, -0.1) is 0 Å². The summed E-state index contributed by atoms with van der Waals surface area (Å²) < 4.78 is 2.50. The summed E-state index contributed by atoms with van der Waals surface area (Å²) in [6.07, 6.45) is 0. The lowest BCUT2D eigenvalue weighted by molar-refractivity contribution is 1.18. The minimum Gasteiger partial charge on any atom is -0.311 e. The molecule has 10 aromatic carbocycles. The minimum absolute atomic E-state index is 0.0352. The second-order valence-electron chi connectivity index (χ2n) is 17.9. The van der Waals surface area contributed by atoms with E-state index in [1.54, 1.807) is 0 Å². The summed E-state index contributed by atoms with van der Waals surface area (Å²) in [6.45, 7) is 0.0352. The van der Waals surface area contributed by atoms with E-state index in [2.05, 4.69) is 245 Å². The first-order valence-electron chi connectivity index (χ1n) is 22.7. The molecule has 1 spiro atoms. The van der Waals surface area contributed by atoms with Gasteiger partial charge in [0, 0.05) is 50.6 Å². The van der Waals surface area contributed by atoms with Crippen molar-refractivity contribution in [2.75, 3.05) is 9.80 Å². The van der Waals surface area contributed by atoms with Crippen LogP contribution in [0.5, 0.6) is 0 Å². The summed E-state index contributed by atoms with van der Waals surface area (Å²) in [4.78, 5) is 5.05. The van der Waals surface area contributed by atoms with Crippen molar-refractivity contribution in [3.05, 3.63) is 231 Å². The summed E-state index contributed by atoms with van der Waals surface area (Å²) >= 11 is 0. The van der Waals surface area contributed by atoms with Gasteiger partial charge in [-0.05, 0) is 132 Å². The molecular weight excluding hydrogens is 802 g/mol. The van der Waals surface area contributed by atoms with Crippen LogP contribution in [0.25, 0.3) is 49.7 Å². The number of hydrogen-bond donors (Lipinski definition) is 0. The standard InChI is InChI=1S/C60H38BN3Si/c1-3-18-39(19-4-1)62-52-29-14-11-26-48(52)61-49-37-47-45-25-10-16-33-57(45)65(59(47)38-55(49)63(40-20-5-2-6-21-40)54-31-17-30-53(62)60(54)61)56-32-15-9-24-44(56)46-35-34-41(36-58(46)65)64-50-27-12-7-22-42(50)43-23-8-13-28-51(43)64/h1-38H. The number of rotatable bonds is 3. The number of nitrogens with zero attached hydrogens (tertiary/aromatic N) is 3. The lowest BCUT2D eigenvalue weighted by Gasteiger charge is -2.44. The summed E-state index contributed by atoms with van der Waals surface area (Å²) in [5.74, 6) is 0. The van der Waals surface area contributed by atoms with Gasteiger partial charge in [-0.3, -0.25) is 0 Å². The molecule has 0 amide bonds. The first kappa shape index (κ1) is 35.4. The van der Waals surface area contributed by atoms with Crippen molar-refractivity contribution in [1.82, 2.24) is 4.57 Å². The second-order valence-corrected chi connectivity index (χ2v) is 21.6. The molecule has 1 unspecified atom stereocenters. The average molecular weight is 840 g/mol. The van der Waals surface area contributed by atoms with E-state index in [9.17, 15) is 0 Å². The fourth-order valence-electron chi connectivity index (χ4n) is 12.6. The van der Waals surface area contributed by atoms with Crippen molar-refractivity contribution >= 4 is 108 Å². The highest BCUT2D eigenvalue weighted by molar-refractivity contribution is 7.24. The molecule has 0 saturated heterocycles. The molecule has 1 atom stereocenters. The van der Waals surface area contributed by atoms with Gasteiger partial charge in [-0.25, -0.2) is 0 Å². The van der Waals surface area contributed by atoms with E-state index in [0.29, 0.717) is 0 Å².